The third-order valence-corrected chi connectivity index (χ3v) is 8.03. The molecular weight excluding hydrogens is 488 g/mol. The Bertz CT molecular complexity index is 1630. The highest BCUT2D eigenvalue weighted by Crippen LogP contribution is 2.44. The van der Waals surface area contributed by atoms with Crippen LogP contribution in [0.2, 0.25) is 0 Å². The van der Waals surface area contributed by atoms with Gasteiger partial charge in [0.05, 0.1) is 27.9 Å². The standard InChI is InChI=1S/C28H26N4O4S/c1-6-18-9-11-19(12-10-18)22-20(23(34)21-16(4)31-13-7-8-14(2)26(31)30-21)24(35)27(36)32(22)28-29-15(3)25(37-28)17(5)33/h7-13,22,34H,6H2,1-5H3. The van der Waals surface area contributed by atoms with Crippen LogP contribution in [0.5, 0.6) is 0 Å². The molecule has 1 unspecified atom stereocenters. The van der Waals surface area contributed by atoms with Crippen LogP contribution in [0.4, 0.5) is 5.13 Å². The number of aromatic nitrogens is 3. The third kappa shape index (κ3) is 3.86. The molecule has 1 aromatic carbocycles. The number of benzene rings is 1. The Balaban J connectivity index is 1.76. The number of imidazole rings is 1. The van der Waals surface area contributed by atoms with Gasteiger partial charge in [-0.1, -0.05) is 48.6 Å². The van der Waals surface area contributed by atoms with E-state index in [2.05, 4.69) is 9.97 Å². The van der Waals surface area contributed by atoms with Gasteiger partial charge in [-0.15, -0.1) is 0 Å². The summed E-state index contributed by atoms with van der Waals surface area (Å²) >= 11 is 1.06. The number of fused-ring (bicyclic) bond motifs is 1. The maximum atomic E-state index is 13.5. The average molecular weight is 515 g/mol. The van der Waals surface area contributed by atoms with Crippen molar-refractivity contribution < 1.29 is 19.5 Å². The van der Waals surface area contributed by atoms with Crippen LogP contribution in [0.25, 0.3) is 11.4 Å². The number of aliphatic hydroxyl groups is 1. The number of rotatable bonds is 5. The van der Waals surface area contributed by atoms with E-state index >= 15 is 0 Å². The van der Waals surface area contributed by atoms with Gasteiger partial charge in [0.1, 0.15) is 11.3 Å². The van der Waals surface area contributed by atoms with Crippen molar-refractivity contribution in [3.8, 4) is 0 Å². The third-order valence-electron chi connectivity index (χ3n) is 6.77. The molecule has 1 amide bonds. The molecule has 9 heteroatoms. The van der Waals surface area contributed by atoms with Gasteiger partial charge in [0.25, 0.3) is 5.78 Å². The fraction of sp³-hybridized carbons (Fsp3) is 0.250. The minimum absolute atomic E-state index is 0.0596. The van der Waals surface area contributed by atoms with E-state index in [0.29, 0.717) is 27.5 Å². The molecule has 4 aromatic rings. The molecule has 1 aliphatic rings. The Hall–Kier alpha value is -4.11. The Morgan fingerprint density at radius 2 is 1.78 bits per heavy atom. The Kier molecular flexibility index (Phi) is 6.03. The molecule has 8 nitrogen and oxygen atoms in total. The number of ketones is 2. The number of anilines is 1. The largest absolute Gasteiger partial charge is 0.505 e. The number of carbonyl (C=O) groups is 3. The number of pyridine rings is 1. The molecule has 0 bridgehead atoms. The van der Waals surface area contributed by atoms with E-state index in [4.69, 9.17) is 0 Å². The van der Waals surface area contributed by atoms with Gasteiger partial charge in [0, 0.05) is 13.1 Å². The maximum Gasteiger partial charge on any atom is 0.301 e. The highest BCUT2D eigenvalue weighted by molar-refractivity contribution is 7.18. The Morgan fingerprint density at radius 3 is 2.38 bits per heavy atom. The summed E-state index contributed by atoms with van der Waals surface area (Å²) in [5.74, 6) is -2.15. The number of amides is 1. The molecule has 37 heavy (non-hydrogen) atoms. The summed E-state index contributed by atoms with van der Waals surface area (Å²) in [5, 5.41) is 11.8. The Labute approximate surface area is 217 Å². The highest BCUT2D eigenvalue weighted by atomic mass is 32.1. The van der Waals surface area contributed by atoms with Crippen LogP contribution in [-0.2, 0) is 16.0 Å². The number of thiazole rings is 1. The first-order valence-electron chi connectivity index (χ1n) is 12.0. The van der Waals surface area contributed by atoms with Crippen LogP contribution < -0.4 is 4.90 Å². The summed E-state index contributed by atoms with van der Waals surface area (Å²) in [5.41, 5.74) is 4.61. The van der Waals surface area contributed by atoms with E-state index in [0.717, 1.165) is 28.9 Å². The molecule has 188 valence electrons. The number of hydrogen-bond donors (Lipinski definition) is 1. The lowest BCUT2D eigenvalue weighted by Gasteiger charge is -2.23. The first kappa shape index (κ1) is 24.6. The van der Waals surface area contributed by atoms with Gasteiger partial charge >= 0.3 is 5.91 Å². The van der Waals surface area contributed by atoms with Gasteiger partial charge in [-0.05, 0) is 49.9 Å². The Morgan fingerprint density at radius 1 is 1.08 bits per heavy atom. The van der Waals surface area contributed by atoms with Crippen LogP contribution in [0, 0.1) is 20.8 Å². The summed E-state index contributed by atoms with van der Waals surface area (Å²) in [6.07, 6.45) is 2.66. The van der Waals surface area contributed by atoms with Gasteiger partial charge < -0.3 is 9.51 Å². The average Bonchev–Trinajstić information content (AvgIpc) is 3.51. The van der Waals surface area contributed by atoms with Crippen LogP contribution >= 0.6 is 11.3 Å². The van der Waals surface area contributed by atoms with Gasteiger partial charge in [-0.3, -0.25) is 19.3 Å². The number of aryl methyl sites for hydroxylation is 4. The lowest BCUT2D eigenvalue weighted by Crippen LogP contribution is -2.29. The topological polar surface area (TPSA) is 105 Å². The van der Waals surface area contributed by atoms with E-state index in [1.54, 1.807) is 13.8 Å². The molecule has 1 atom stereocenters. The van der Waals surface area contributed by atoms with Crippen LogP contribution in [0.3, 0.4) is 0 Å². The molecule has 0 saturated carbocycles. The molecule has 1 N–H and O–H groups in total. The van der Waals surface area contributed by atoms with Crippen molar-refractivity contribution in [2.24, 2.45) is 0 Å². The molecule has 0 spiro atoms. The van der Waals surface area contributed by atoms with Crippen molar-refractivity contribution >= 4 is 45.3 Å². The predicted octanol–water partition coefficient (Wildman–Crippen LogP) is 5.11. The SMILES string of the molecule is CCc1ccc(C2C(=C(O)c3nc4c(C)cccn4c3C)C(=O)C(=O)N2c2nc(C)c(C(C)=O)s2)cc1. The summed E-state index contributed by atoms with van der Waals surface area (Å²) in [6.45, 7) is 8.89. The molecular formula is C28H26N4O4S. The van der Waals surface area contributed by atoms with E-state index in [1.165, 1.54) is 11.8 Å². The summed E-state index contributed by atoms with van der Waals surface area (Å²) in [7, 11) is 0. The quantitative estimate of drug-likeness (QED) is 0.172. The van der Waals surface area contributed by atoms with E-state index in [-0.39, 0.29) is 27.9 Å². The van der Waals surface area contributed by atoms with Crippen LogP contribution in [0.1, 0.15) is 63.3 Å². The van der Waals surface area contributed by atoms with E-state index in [9.17, 15) is 19.5 Å². The fourth-order valence-corrected chi connectivity index (χ4v) is 5.76. The van der Waals surface area contributed by atoms with E-state index in [1.807, 2.05) is 60.8 Å². The summed E-state index contributed by atoms with van der Waals surface area (Å²) in [4.78, 5) is 49.9. The number of hydrogen-bond acceptors (Lipinski definition) is 7. The fourth-order valence-electron chi connectivity index (χ4n) is 4.77. The summed E-state index contributed by atoms with van der Waals surface area (Å²) in [6, 6.07) is 10.4. The lowest BCUT2D eigenvalue weighted by molar-refractivity contribution is -0.132. The van der Waals surface area contributed by atoms with Crippen molar-refractivity contribution in [1.29, 1.82) is 0 Å². The van der Waals surface area contributed by atoms with Crippen molar-refractivity contribution in [1.82, 2.24) is 14.4 Å². The molecule has 1 aliphatic heterocycles. The molecule has 5 rings (SSSR count). The highest BCUT2D eigenvalue weighted by Gasteiger charge is 2.48. The second kappa shape index (κ2) is 9.08. The zero-order chi connectivity index (χ0) is 26.6. The number of nitrogens with zero attached hydrogens (tertiary/aromatic N) is 4. The zero-order valence-corrected chi connectivity index (χ0v) is 22.0. The first-order chi connectivity index (χ1) is 17.6. The van der Waals surface area contributed by atoms with E-state index < -0.39 is 17.7 Å². The minimum Gasteiger partial charge on any atom is -0.505 e. The van der Waals surface area contributed by atoms with Crippen LogP contribution in [-0.4, -0.2) is 36.9 Å². The predicted molar refractivity (Wildman–Crippen MR) is 142 cm³/mol. The second-order valence-electron chi connectivity index (χ2n) is 9.16. The monoisotopic (exact) mass is 514 g/mol. The normalized spacial score (nSPS) is 17.2. The zero-order valence-electron chi connectivity index (χ0n) is 21.2. The maximum absolute atomic E-state index is 13.5. The molecule has 1 saturated heterocycles. The van der Waals surface area contributed by atoms with Crippen molar-refractivity contribution in [3.05, 3.63) is 86.8 Å². The molecule has 0 aliphatic carbocycles. The molecule has 3 aromatic heterocycles. The van der Waals surface area contributed by atoms with Gasteiger partial charge in [-0.25, -0.2) is 9.97 Å². The lowest BCUT2D eigenvalue weighted by atomic mass is 9.95. The number of aliphatic hydroxyl groups excluding tert-OH is 1. The minimum atomic E-state index is -0.929. The smallest absolute Gasteiger partial charge is 0.301 e. The summed E-state index contributed by atoms with van der Waals surface area (Å²) < 4.78 is 1.84. The van der Waals surface area contributed by atoms with Gasteiger partial charge in [0.15, 0.2) is 16.7 Å². The molecule has 4 heterocycles. The molecule has 0 radical (unpaired) electrons. The first-order valence-corrected chi connectivity index (χ1v) is 12.8. The van der Waals surface area contributed by atoms with Crippen molar-refractivity contribution in [3.63, 3.8) is 0 Å². The molecule has 1 fully saturated rings. The van der Waals surface area contributed by atoms with Gasteiger partial charge in [0.2, 0.25) is 0 Å². The van der Waals surface area contributed by atoms with Crippen molar-refractivity contribution in [2.75, 3.05) is 4.90 Å². The van der Waals surface area contributed by atoms with Crippen molar-refractivity contribution in [2.45, 2.75) is 47.1 Å². The second-order valence-corrected chi connectivity index (χ2v) is 10.1. The van der Waals surface area contributed by atoms with Crippen LogP contribution in [0.15, 0.2) is 48.2 Å². The van der Waals surface area contributed by atoms with Gasteiger partial charge in [-0.2, -0.15) is 0 Å². The number of Topliss-reactive ketones (excluding diaryl/α,β-unsaturated/α-hetero) is 2. The number of carbonyl (C=O) groups excluding carboxylic acids is 3.